The molecule has 1 heterocycles. The minimum atomic E-state index is -3.46. The molecule has 2 N–H and O–H groups in total. The van der Waals surface area contributed by atoms with Crippen molar-refractivity contribution in [2.75, 3.05) is 6.26 Å². The van der Waals surface area contributed by atoms with Crippen LogP contribution in [0.3, 0.4) is 0 Å². The Kier molecular flexibility index (Phi) is 4.34. The summed E-state index contributed by atoms with van der Waals surface area (Å²) >= 11 is 1.74. The Hall–Kier alpha value is -0.530. The van der Waals surface area contributed by atoms with Crippen LogP contribution in [0.5, 0.6) is 0 Å². The molecule has 5 nitrogen and oxygen atoms in total. The van der Waals surface area contributed by atoms with Gasteiger partial charge in [-0.25, -0.2) is 18.1 Å². The number of aromatic nitrogens is 2. The first-order valence-corrected chi connectivity index (χ1v) is 8.87. The third-order valence-electron chi connectivity index (χ3n) is 3.28. The second-order valence-electron chi connectivity index (χ2n) is 4.62. The minimum Gasteiger partial charge on any atom is -0.332 e. The number of hydrogen-bond acceptors (Lipinski definition) is 4. The van der Waals surface area contributed by atoms with Crippen molar-refractivity contribution in [1.29, 1.82) is 0 Å². The van der Waals surface area contributed by atoms with E-state index in [-0.39, 0.29) is 11.1 Å². The Morgan fingerprint density at radius 2 is 2.17 bits per heavy atom. The molecule has 1 fully saturated rings. The predicted molar refractivity (Wildman–Crippen MR) is 73.2 cm³/mol. The molecule has 0 aliphatic heterocycles. The van der Waals surface area contributed by atoms with Gasteiger partial charge in [-0.1, -0.05) is 12.8 Å². The Labute approximate surface area is 112 Å². The third-order valence-corrected chi connectivity index (χ3v) is 5.85. The number of H-pyrrole nitrogens is 1. The van der Waals surface area contributed by atoms with Gasteiger partial charge in [-0.2, -0.15) is 11.8 Å². The SMILES string of the molecule is CSC1CCCCC1NS(=O)(=O)c1cnc(C)[nH]1. The quantitative estimate of drug-likeness (QED) is 0.884. The molecule has 1 aromatic rings. The van der Waals surface area contributed by atoms with Gasteiger partial charge in [-0.05, 0) is 26.0 Å². The summed E-state index contributed by atoms with van der Waals surface area (Å²) in [6.45, 7) is 1.74. The smallest absolute Gasteiger partial charge is 0.257 e. The van der Waals surface area contributed by atoms with Gasteiger partial charge in [0, 0.05) is 11.3 Å². The standard InChI is InChI=1S/C11H19N3O2S2/c1-8-12-7-11(13-8)18(15,16)14-9-5-3-4-6-10(9)17-2/h7,9-10,14H,3-6H2,1-2H3,(H,12,13). The maximum atomic E-state index is 12.2. The van der Waals surface area contributed by atoms with Gasteiger partial charge in [0.15, 0.2) is 5.03 Å². The van der Waals surface area contributed by atoms with Crippen molar-refractivity contribution in [1.82, 2.24) is 14.7 Å². The number of imidazole rings is 1. The topological polar surface area (TPSA) is 74.8 Å². The van der Waals surface area contributed by atoms with Crippen molar-refractivity contribution < 1.29 is 8.42 Å². The second-order valence-corrected chi connectivity index (χ2v) is 7.38. The fraction of sp³-hybridized carbons (Fsp3) is 0.727. The molecule has 7 heteroatoms. The van der Waals surface area contributed by atoms with Gasteiger partial charge < -0.3 is 4.98 Å². The van der Waals surface area contributed by atoms with Gasteiger partial charge in [-0.15, -0.1) is 0 Å². The van der Waals surface area contributed by atoms with E-state index in [9.17, 15) is 8.42 Å². The third kappa shape index (κ3) is 3.07. The summed E-state index contributed by atoms with van der Waals surface area (Å²) in [7, 11) is -3.46. The Morgan fingerprint density at radius 3 is 2.78 bits per heavy atom. The molecule has 102 valence electrons. The highest BCUT2D eigenvalue weighted by Crippen LogP contribution is 2.28. The number of sulfonamides is 1. The molecule has 0 spiro atoms. The summed E-state index contributed by atoms with van der Waals surface area (Å²) in [6, 6.07) is 0.0300. The molecule has 1 aromatic heterocycles. The van der Waals surface area contributed by atoms with Gasteiger partial charge in [0.05, 0.1) is 6.20 Å². The molecule has 1 saturated carbocycles. The average Bonchev–Trinajstić information content (AvgIpc) is 2.77. The van der Waals surface area contributed by atoms with Crippen molar-refractivity contribution >= 4 is 21.8 Å². The Morgan fingerprint density at radius 1 is 1.44 bits per heavy atom. The maximum Gasteiger partial charge on any atom is 0.257 e. The lowest BCUT2D eigenvalue weighted by molar-refractivity contribution is 0.423. The van der Waals surface area contributed by atoms with E-state index in [2.05, 4.69) is 14.7 Å². The molecular formula is C11H19N3O2S2. The van der Waals surface area contributed by atoms with Crippen molar-refractivity contribution in [3.8, 4) is 0 Å². The Balaban J connectivity index is 2.12. The van der Waals surface area contributed by atoms with Crippen LogP contribution in [0.25, 0.3) is 0 Å². The molecule has 1 aliphatic carbocycles. The van der Waals surface area contributed by atoms with E-state index in [1.165, 1.54) is 12.6 Å². The molecule has 0 bridgehead atoms. The second kappa shape index (κ2) is 5.63. The first-order valence-electron chi connectivity index (χ1n) is 6.09. The van der Waals surface area contributed by atoms with E-state index in [1.54, 1.807) is 18.7 Å². The highest BCUT2D eigenvalue weighted by molar-refractivity contribution is 7.99. The fourth-order valence-electron chi connectivity index (χ4n) is 2.31. The first kappa shape index (κ1) is 13.9. The molecule has 0 aromatic carbocycles. The van der Waals surface area contributed by atoms with Crippen LogP contribution in [-0.2, 0) is 10.0 Å². The van der Waals surface area contributed by atoms with E-state index in [0.29, 0.717) is 11.1 Å². The highest BCUT2D eigenvalue weighted by Gasteiger charge is 2.29. The number of rotatable bonds is 4. The molecule has 1 aliphatic rings. The number of aromatic amines is 1. The van der Waals surface area contributed by atoms with Gasteiger partial charge in [-0.3, -0.25) is 0 Å². The number of thioether (sulfide) groups is 1. The van der Waals surface area contributed by atoms with Crippen LogP contribution in [-0.4, -0.2) is 35.9 Å². The van der Waals surface area contributed by atoms with Crippen molar-refractivity contribution in [2.45, 2.75) is 48.9 Å². The van der Waals surface area contributed by atoms with Gasteiger partial charge in [0.1, 0.15) is 5.82 Å². The Bertz CT molecular complexity index is 498. The van der Waals surface area contributed by atoms with Crippen LogP contribution < -0.4 is 4.72 Å². The number of aryl methyl sites for hydroxylation is 1. The van der Waals surface area contributed by atoms with Gasteiger partial charge in [0.25, 0.3) is 10.0 Å². The zero-order chi connectivity index (χ0) is 13.2. The highest BCUT2D eigenvalue weighted by atomic mass is 32.2. The van der Waals surface area contributed by atoms with Crippen molar-refractivity contribution in [2.24, 2.45) is 0 Å². The van der Waals surface area contributed by atoms with Crippen LogP contribution in [0, 0.1) is 6.92 Å². The summed E-state index contributed by atoms with van der Waals surface area (Å²) in [5.74, 6) is 0.612. The molecule has 2 atom stereocenters. The number of hydrogen-bond donors (Lipinski definition) is 2. The summed E-state index contributed by atoms with van der Waals surface area (Å²) in [5, 5.41) is 0.531. The van der Waals surface area contributed by atoms with E-state index >= 15 is 0 Å². The molecule has 18 heavy (non-hydrogen) atoms. The van der Waals surface area contributed by atoms with Gasteiger partial charge >= 0.3 is 0 Å². The predicted octanol–water partition coefficient (Wildman–Crippen LogP) is 1.67. The van der Waals surface area contributed by atoms with E-state index in [0.717, 1.165) is 19.3 Å². The van der Waals surface area contributed by atoms with E-state index < -0.39 is 10.0 Å². The molecule has 0 radical (unpaired) electrons. The lowest BCUT2D eigenvalue weighted by atomic mass is 9.96. The molecule has 0 saturated heterocycles. The van der Waals surface area contributed by atoms with E-state index in [4.69, 9.17) is 0 Å². The van der Waals surface area contributed by atoms with Crippen LogP contribution >= 0.6 is 11.8 Å². The van der Waals surface area contributed by atoms with Crippen molar-refractivity contribution in [3.05, 3.63) is 12.0 Å². The fourth-order valence-corrected chi connectivity index (χ4v) is 4.61. The van der Waals surface area contributed by atoms with Crippen LogP contribution in [0.1, 0.15) is 31.5 Å². The van der Waals surface area contributed by atoms with Gasteiger partial charge in [0.2, 0.25) is 0 Å². The molecule has 0 amide bonds. The van der Waals surface area contributed by atoms with Crippen LogP contribution in [0.15, 0.2) is 11.2 Å². The summed E-state index contributed by atoms with van der Waals surface area (Å²) in [6.07, 6.45) is 7.68. The summed E-state index contributed by atoms with van der Waals surface area (Å²) in [4.78, 5) is 6.71. The molecule has 2 rings (SSSR count). The normalized spacial score (nSPS) is 25.2. The molecular weight excluding hydrogens is 270 g/mol. The van der Waals surface area contributed by atoms with Crippen LogP contribution in [0.4, 0.5) is 0 Å². The molecule has 2 unspecified atom stereocenters. The lowest BCUT2D eigenvalue weighted by Gasteiger charge is -2.30. The minimum absolute atomic E-state index is 0.0300. The van der Waals surface area contributed by atoms with E-state index in [1.807, 2.05) is 6.26 Å². The lowest BCUT2D eigenvalue weighted by Crippen LogP contribution is -2.43. The maximum absolute atomic E-state index is 12.2. The van der Waals surface area contributed by atoms with Crippen molar-refractivity contribution in [3.63, 3.8) is 0 Å². The summed E-state index contributed by atoms with van der Waals surface area (Å²) < 4.78 is 27.2. The van der Waals surface area contributed by atoms with Crippen LogP contribution in [0.2, 0.25) is 0 Å². The number of nitrogens with one attached hydrogen (secondary N) is 2. The zero-order valence-corrected chi connectivity index (χ0v) is 12.3. The average molecular weight is 289 g/mol. The zero-order valence-electron chi connectivity index (χ0n) is 10.6. The number of nitrogens with zero attached hydrogens (tertiary/aromatic N) is 1. The monoisotopic (exact) mass is 289 g/mol. The largest absolute Gasteiger partial charge is 0.332 e. The summed E-state index contributed by atoms with van der Waals surface area (Å²) in [5.41, 5.74) is 0. The first-order chi connectivity index (χ1) is 8.53.